The maximum atomic E-state index is 9.28. The summed E-state index contributed by atoms with van der Waals surface area (Å²) >= 11 is 0. The Bertz CT molecular complexity index is 221. The summed E-state index contributed by atoms with van der Waals surface area (Å²) in [5.74, 6) is -1.19. The Hall–Kier alpha value is -0.850. The van der Waals surface area contributed by atoms with E-state index < -0.39 is 44.1 Å². The normalized spacial score (nSPS) is 14.8. The summed E-state index contributed by atoms with van der Waals surface area (Å²) in [4.78, 5) is 9.12. The Labute approximate surface area is 121 Å². The third-order valence-electron chi connectivity index (χ3n) is 1.80. The monoisotopic (exact) mass is 316 g/mol. The predicted molar refractivity (Wildman–Crippen MR) is 68.6 cm³/mol. The van der Waals surface area contributed by atoms with Crippen molar-refractivity contribution in [2.75, 3.05) is 46.2 Å². The summed E-state index contributed by atoms with van der Waals surface area (Å²) in [6, 6.07) is 0. The smallest absolute Gasteiger partial charge is 0.329 e. The lowest BCUT2D eigenvalue weighted by molar-refractivity contribution is -0.140. The Kier molecular flexibility index (Phi) is 16.6. The molecule has 0 aromatic carbocycles. The van der Waals surface area contributed by atoms with E-state index in [1.807, 2.05) is 0 Å². The van der Waals surface area contributed by atoms with Crippen molar-refractivity contribution in [2.45, 2.75) is 18.3 Å². The molecule has 0 saturated carbocycles. The first-order valence-electron chi connectivity index (χ1n) is 6.11. The number of hydrogen-bond donors (Lipinski definition) is 7. The molecular formula is C11H24O10. The second kappa shape index (κ2) is 15.5. The van der Waals surface area contributed by atoms with E-state index in [2.05, 4.69) is 0 Å². The molecule has 0 aromatic rings. The zero-order valence-electron chi connectivity index (χ0n) is 11.5. The summed E-state index contributed by atoms with van der Waals surface area (Å²) in [7, 11) is 0. The summed E-state index contributed by atoms with van der Waals surface area (Å²) < 4.78 is 9.76. The van der Waals surface area contributed by atoms with Crippen molar-refractivity contribution in [3.05, 3.63) is 0 Å². The summed E-state index contributed by atoms with van der Waals surface area (Å²) in [6.45, 7) is -1.76. The molecule has 10 heteroatoms. The Morgan fingerprint density at radius 3 is 1.29 bits per heavy atom. The van der Waals surface area contributed by atoms with Gasteiger partial charge < -0.3 is 45.2 Å². The zero-order chi connectivity index (χ0) is 16.7. The lowest BCUT2D eigenvalue weighted by atomic mass is 10.4. The van der Waals surface area contributed by atoms with Crippen LogP contribution in [0.15, 0.2) is 0 Å². The molecule has 128 valence electrons. The number of aliphatic hydroxyl groups excluding tert-OH is 6. The molecule has 10 nitrogen and oxygen atoms in total. The van der Waals surface area contributed by atoms with Crippen LogP contribution in [-0.2, 0) is 14.3 Å². The quantitative estimate of drug-likeness (QED) is 0.200. The van der Waals surface area contributed by atoms with Gasteiger partial charge in [0.05, 0.1) is 39.6 Å². The molecule has 0 amide bonds. The molecule has 0 spiro atoms. The summed E-state index contributed by atoms with van der Waals surface area (Å²) in [5, 5.41) is 59.0. The Morgan fingerprint density at radius 2 is 1.05 bits per heavy atom. The van der Waals surface area contributed by atoms with Gasteiger partial charge in [0.25, 0.3) is 0 Å². The van der Waals surface area contributed by atoms with Crippen LogP contribution in [0.4, 0.5) is 0 Å². The number of carboxylic acid groups (broad SMARTS) is 1. The highest BCUT2D eigenvalue weighted by Gasteiger charge is 2.08. The van der Waals surface area contributed by atoms with Gasteiger partial charge in [-0.05, 0) is 0 Å². The van der Waals surface area contributed by atoms with Crippen molar-refractivity contribution in [3.8, 4) is 0 Å². The zero-order valence-corrected chi connectivity index (χ0v) is 11.5. The Balaban J connectivity index is 0. The molecule has 0 saturated heterocycles. The molecule has 0 radical (unpaired) electrons. The van der Waals surface area contributed by atoms with Gasteiger partial charge in [0.2, 0.25) is 0 Å². The highest BCUT2D eigenvalue weighted by molar-refractivity contribution is 5.67. The van der Waals surface area contributed by atoms with E-state index in [1.165, 1.54) is 0 Å². The van der Waals surface area contributed by atoms with E-state index in [0.29, 0.717) is 0 Å². The van der Waals surface area contributed by atoms with Gasteiger partial charge in [-0.3, -0.25) is 0 Å². The first-order valence-corrected chi connectivity index (χ1v) is 6.11. The van der Waals surface area contributed by atoms with E-state index in [-0.39, 0.29) is 26.4 Å². The highest BCUT2D eigenvalue weighted by Crippen LogP contribution is 1.92. The van der Waals surface area contributed by atoms with E-state index in [0.717, 1.165) is 0 Å². The van der Waals surface area contributed by atoms with E-state index in [9.17, 15) is 5.11 Å². The van der Waals surface area contributed by atoms with Gasteiger partial charge in [-0.1, -0.05) is 0 Å². The second-order valence-corrected chi connectivity index (χ2v) is 3.95. The number of aliphatic hydroxyl groups is 6. The van der Waals surface area contributed by atoms with Gasteiger partial charge in [-0.2, -0.15) is 0 Å². The molecule has 0 heterocycles. The van der Waals surface area contributed by atoms with Gasteiger partial charge >= 0.3 is 5.97 Å². The first-order chi connectivity index (χ1) is 9.87. The van der Waals surface area contributed by atoms with Crippen LogP contribution in [0.3, 0.4) is 0 Å². The fourth-order valence-corrected chi connectivity index (χ4v) is 0.834. The minimum Gasteiger partial charge on any atom is -0.480 e. The van der Waals surface area contributed by atoms with Crippen LogP contribution < -0.4 is 0 Å². The fourth-order valence-electron chi connectivity index (χ4n) is 0.834. The second-order valence-electron chi connectivity index (χ2n) is 3.95. The van der Waals surface area contributed by atoms with Crippen molar-refractivity contribution in [1.82, 2.24) is 0 Å². The van der Waals surface area contributed by atoms with Crippen LogP contribution in [0.5, 0.6) is 0 Å². The largest absolute Gasteiger partial charge is 0.480 e. The number of hydrogen-bond acceptors (Lipinski definition) is 9. The fraction of sp³-hybridized carbons (Fsp3) is 0.909. The maximum Gasteiger partial charge on any atom is 0.329 e. The molecule has 0 aliphatic heterocycles. The SMILES string of the molecule is O=C(O)CO.OCC(O)COCC(O)COCC(O)CO. The standard InChI is InChI=1S/C9H20O7.C2H4O3/c10-1-7(12)3-15-5-9(14)6-16-4-8(13)2-11;3-1-2(4)5/h7-14H,1-6H2;3H,1H2,(H,4,5). The third-order valence-corrected chi connectivity index (χ3v) is 1.80. The van der Waals surface area contributed by atoms with Crippen LogP contribution in [0.2, 0.25) is 0 Å². The molecule has 21 heavy (non-hydrogen) atoms. The topological polar surface area (TPSA) is 177 Å². The molecular weight excluding hydrogens is 292 g/mol. The van der Waals surface area contributed by atoms with Crippen LogP contribution in [0.1, 0.15) is 0 Å². The molecule has 0 rings (SSSR count). The van der Waals surface area contributed by atoms with E-state index in [4.69, 9.17) is 44.9 Å². The number of carboxylic acids is 1. The van der Waals surface area contributed by atoms with Crippen LogP contribution in [0.25, 0.3) is 0 Å². The van der Waals surface area contributed by atoms with Gasteiger partial charge in [-0.15, -0.1) is 0 Å². The number of aliphatic carboxylic acids is 1. The number of ether oxygens (including phenoxy) is 2. The lowest BCUT2D eigenvalue weighted by Gasteiger charge is -2.14. The number of rotatable bonds is 11. The van der Waals surface area contributed by atoms with Crippen LogP contribution in [-0.4, -0.2) is 106 Å². The molecule has 0 aromatic heterocycles. The van der Waals surface area contributed by atoms with Gasteiger partial charge in [0.15, 0.2) is 0 Å². The van der Waals surface area contributed by atoms with Gasteiger partial charge in [0.1, 0.15) is 24.9 Å². The molecule has 2 unspecified atom stereocenters. The van der Waals surface area contributed by atoms with Gasteiger partial charge in [-0.25, -0.2) is 4.79 Å². The van der Waals surface area contributed by atoms with Crippen molar-refractivity contribution in [2.24, 2.45) is 0 Å². The number of carbonyl (C=O) groups is 1. The van der Waals surface area contributed by atoms with Crippen molar-refractivity contribution < 1.29 is 50.0 Å². The minimum atomic E-state index is -1.19. The summed E-state index contributed by atoms with van der Waals surface area (Å²) in [6.07, 6.45) is -2.79. The highest BCUT2D eigenvalue weighted by atomic mass is 16.5. The average Bonchev–Trinajstić information content (AvgIpc) is 2.47. The molecule has 0 bridgehead atoms. The average molecular weight is 316 g/mol. The lowest BCUT2D eigenvalue weighted by Crippen LogP contribution is -2.28. The molecule has 2 atom stereocenters. The summed E-state index contributed by atoms with van der Waals surface area (Å²) in [5.41, 5.74) is 0. The van der Waals surface area contributed by atoms with Crippen molar-refractivity contribution >= 4 is 5.97 Å². The third kappa shape index (κ3) is 19.1. The molecule has 0 fully saturated rings. The minimum absolute atomic E-state index is 0.0354. The molecule has 0 aliphatic carbocycles. The van der Waals surface area contributed by atoms with Crippen LogP contribution in [0, 0.1) is 0 Å². The van der Waals surface area contributed by atoms with E-state index >= 15 is 0 Å². The van der Waals surface area contributed by atoms with Gasteiger partial charge in [0, 0.05) is 0 Å². The Morgan fingerprint density at radius 1 is 0.762 bits per heavy atom. The molecule has 0 aliphatic rings. The predicted octanol–water partition coefficient (Wildman–Crippen LogP) is -3.85. The van der Waals surface area contributed by atoms with Crippen molar-refractivity contribution in [3.63, 3.8) is 0 Å². The van der Waals surface area contributed by atoms with Crippen molar-refractivity contribution in [1.29, 1.82) is 0 Å². The molecule has 7 N–H and O–H groups in total. The first kappa shape index (κ1) is 22.4. The van der Waals surface area contributed by atoms with E-state index in [1.54, 1.807) is 0 Å². The van der Waals surface area contributed by atoms with Crippen LogP contribution >= 0.6 is 0 Å². The maximum absolute atomic E-state index is 9.28.